The lowest BCUT2D eigenvalue weighted by atomic mass is 10.1. The monoisotopic (exact) mass is 474 g/mol. The van der Waals surface area contributed by atoms with Gasteiger partial charge in [-0.25, -0.2) is 0 Å². The van der Waals surface area contributed by atoms with Gasteiger partial charge in [0.1, 0.15) is 11.5 Å². The molecule has 0 fully saturated rings. The zero-order valence-electron chi connectivity index (χ0n) is 20.8. The van der Waals surface area contributed by atoms with Gasteiger partial charge < -0.3 is 20.1 Å². The van der Waals surface area contributed by atoms with Crippen molar-refractivity contribution in [3.63, 3.8) is 0 Å². The summed E-state index contributed by atoms with van der Waals surface area (Å²) in [5, 5.41) is 6.10. The van der Waals surface area contributed by atoms with Crippen molar-refractivity contribution in [2.24, 2.45) is 0 Å². The largest absolute Gasteiger partial charge is 0.494 e. The molecule has 3 rings (SSSR count). The van der Waals surface area contributed by atoms with Crippen LogP contribution < -0.4 is 20.1 Å². The van der Waals surface area contributed by atoms with E-state index in [2.05, 4.69) is 41.8 Å². The fourth-order valence-electron chi connectivity index (χ4n) is 3.75. The van der Waals surface area contributed by atoms with E-state index in [-0.39, 0.29) is 12.5 Å². The number of hydrogen-bond donors (Lipinski definition) is 2. The fraction of sp³-hybridized carbons (Fsp3) is 0.367. The molecule has 0 saturated carbocycles. The molecule has 0 aliphatic carbocycles. The average molecular weight is 475 g/mol. The van der Waals surface area contributed by atoms with Crippen LogP contribution in [0.2, 0.25) is 0 Å². The highest BCUT2D eigenvalue weighted by molar-refractivity contribution is 5.93. The minimum atomic E-state index is -0.117. The Kier molecular flexibility index (Phi) is 11.5. The number of rotatable bonds is 16. The normalized spacial score (nSPS) is 10.5. The van der Waals surface area contributed by atoms with Crippen LogP contribution in [0.1, 0.15) is 51.0 Å². The summed E-state index contributed by atoms with van der Waals surface area (Å²) in [5.41, 5.74) is 2.89. The van der Waals surface area contributed by atoms with Crippen molar-refractivity contribution >= 4 is 17.3 Å². The van der Waals surface area contributed by atoms with Crippen molar-refractivity contribution in [2.45, 2.75) is 51.9 Å². The van der Waals surface area contributed by atoms with Crippen molar-refractivity contribution in [3.05, 3.63) is 84.4 Å². The molecule has 0 heterocycles. The predicted molar refractivity (Wildman–Crippen MR) is 145 cm³/mol. The van der Waals surface area contributed by atoms with Crippen molar-refractivity contribution in [3.8, 4) is 11.5 Å². The van der Waals surface area contributed by atoms with Crippen LogP contribution in [0, 0.1) is 0 Å². The lowest BCUT2D eigenvalue weighted by Gasteiger charge is -2.11. The minimum Gasteiger partial charge on any atom is -0.494 e. The highest BCUT2D eigenvalue weighted by Gasteiger charge is 2.05. The second-order valence-electron chi connectivity index (χ2n) is 8.66. The lowest BCUT2D eigenvalue weighted by molar-refractivity contribution is -0.114. The Balaban J connectivity index is 1.36. The Hall–Kier alpha value is -3.47. The standard InChI is InChI=1S/C30H38N2O3/c1-2-3-4-5-9-20-34-28-18-10-16-26(22-28)31-24-30(33)32-27-17-11-19-29(23-27)35-21-12-15-25-13-7-6-8-14-25/h6-8,10-11,13-14,16-19,22-23,31H,2-5,9,12,15,20-21,24H2,1H3,(H,32,33). The third-order valence-corrected chi connectivity index (χ3v) is 5.64. The van der Waals surface area contributed by atoms with Gasteiger partial charge >= 0.3 is 0 Å². The molecule has 0 spiro atoms. The molecule has 0 aliphatic rings. The molecular weight excluding hydrogens is 436 g/mol. The molecule has 186 valence electrons. The van der Waals surface area contributed by atoms with Gasteiger partial charge in [0.2, 0.25) is 5.91 Å². The van der Waals surface area contributed by atoms with E-state index in [9.17, 15) is 4.79 Å². The number of benzene rings is 3. The summed E-state index contributed by atoms with van der Waals surface area (Å²) >= 11 is 0. The van der Waals surface area contributed by atoms with Gasteiger partial charge in [-0.1, -0.05) is 75.1 Å². The molecule has 0 unspecified atom stereocenters. The second kappa shape index (κ2) is 15.4. The molecule has 1 amide bonds. The number of hydrogen-bond acceptors (Lipinski definition) is 4. The van der Waals surface area contributed by atoms with Crippen LogP contribution in [0.5, 0.6) is 11.5 Å². The Morgan fingerprint density at radius 3 is 2.11 bits per heavy atom. The van der Waals surface area contributed by atoms with Gasteiger partial charge in [-0.15, -0.1) is 0 Å². The lowest BCUT2D eigenvalue weighted by Crippen LogP contribution is -2.21. The number of unbranched alkanes of at least 4 members (excludes halogenated alkanes) is 4. The number of carbonyl (C=O) groups is 1. The average Bonchev–Trinajstić information content (AvgIpc) is 2.89. The van der Waals surface area contributed by atoms with Crippen LogP contribution in [0.25, 0.3) is 0 Å². The van der Waals surface area contributed by atoms with Crippen LogP contribution in [0.4, 0.5) is 11.4 Å². The smallest absolute Gasteiger partial charge is 0.243 e. The van der Waals surface area contributed by atoms with Crippen LogP contribution in [-0.2, 0) is 11.2 Å². The second-order valence-corrected chi connectivity index (χ2v) is 8.66. The number of carbonyl (C=O) groups excluding carboxylic acids is 1. The van der Waals surface area contributed by atoms with Crippen LogP contribution in [0.15, 0.2) is 78.9 Å². The molecule has 0 bridgehead atoms. The highest BCUT2D eigenvalue weighted by atomic mass is 16.5. The maximum atomic E-state index is 12.5. The Morgan fingerprint density at radius 2 is 1.37 bits per heavy atom. The van der Waals surface area contributed by atoms with Crippen LogP contribution in [-0.4, -0.2) is 25.7 Å². The highest BCUT2D eigenvalue weighted by Crippen LogP contribution is 2.19. The fourth-order valence-corrected chi connectivity index (χ4v) is 3.75. The van der Waals surface area contributed by atoms with E-state index >= 15 is 0 Å². The number of ether oxygens (including phenoxy) is 2. The molecule has 35 heavy (non-hydrogen) atoms. The van der Waals surface area contributed by atoms with E-state index < -0.39 is 0 Å². The van der Waals surface area contributed by atoms with Crippen LogP contribution in [0.3, 0.4) is 0 Å². The summed E-state index contributed by atoms with van der Waals surface area (Å²) in [7, 11) is 0. The van der Waals surface area contributed by atoms with Crippen molar-refractivity contribution in [1.82, 2.24) is 0 Å². The van der Waals surface area contributed by atoms with Crippen LogP contribution >= 0.6 is 0 Å². The van der Waals surface area contributed by atoms with Gasteiger partial charge in [-0.05, 0) is 49.1 Å². The molecule has 0 saturated heterocycles. The topological polar surface area (TPSA) is 59.6 Å². The van der Waals surface area contributed by atoms with Gasteiger partial charge in [0, 0.05) is 23.5 Å². The Labute approximate surface area is 209 Å². The van der Waals surface area contributed by atoms with Crippen molar-refractivity contribution in [2.75, 3.05) is 30.4 Å². The van der Waals surface area contributed by atoms with Gasteiger partial charge in [0.25, 0.3) is 0 Å². The van der Waals surface area contributed by atoms with Gasteiger partial charge in [0.05, 0.1) is 19.8 Å². The molecular formula is C30H38N2O3. The first kappa shape index (κ1) is 26.1. The predicted octanol–water partition coefficient (Wildman–Crippen LogP) is 7.10. The molecule has 0 aromatic heterocycles. The number of aryl methyl sites for hydroxylation is 1. The quantitative estimate of drug-likeness (QED) is 0.217. The Morgan fingerprint density at radius 1 is 0.714 bits per heavy atom. The maximum Gasteiger partial charge on any atom is 0.243 e. The van der Waals surface area contributed by atoms with E-state index in [0.29, 0.717) is 6.61 Å². The molecule has 0 aliphatic heterocycles. The summed E-state index contributed by atoms with van der Waals surface area (Å²) in [6.07, 6.45) is 7.98. The minimum absolute atomic E-state index is 0.117. The van der Waals surface area contributed by atoms with E-state index in [0.717, 1.165) is 48.7 Å². The first-order valence-electron chi connectivity index (χ1n) is 12.8. The Bertz CT molecular complexity index is 1010. The van der Waals surface area contributed by atoms with Gasteiger partial charge in [-0.2, -0.15) is 0 Å². The summed E-state index contributed by atoms with van der Waals surface area (Å²) in [5.74, 6) is 1.46. The summed E-state index contributed by atoms with van der Waals surface area (Å²) in [6.45, 7) is 3.74. The molecule has 2 N–H and O–H groups in total. The van der Waals surface area contributed by atoms with E-state index in [1.54, 1.807) is 0 Å². The zero-order chi connectivity index (χ0) is 24.6. The first-order valence-corrected chi connectivity index (χ1v) is 12.8. The van der Waals surface area contributed by atoms with E-state index in [4.69, 9.17) is 9.47 Å². The van der Waals surface area contributed by atoms with Crippen molar-refractivity contribution in [1.29, 1.82) is 0 Å². The third-order valence-electron chi connectivity index (χ3n) is 5.64. The number of nitrogens with one attached hydrogen (secondary N) is 2. The summed E-state index contributed by atoms with van der Waals surface area (Å²) in [4.78, 5) is 12.5. The van der Waals surface area contributed by atoms with E-state index in [1.165, 1.54) is 31.2 Å². The summed E-state index contributed by atoms with van der Waals surface area (Å²) in [6, 6.07) is 25.7. The molecule has 3 aromatic carbocycles. The number of amides is 1. The van der Waals surface area contributed by atoms with E-state index in [1.807, 2.05) is 54.6 Å². The van der Waals surface area contributed by atoms with Gasteiger partial charge in [-0.3, -0.25) is 4.79 Å². The SMILES string of the molecule is CCCCCCCOc1cccc(NCC(=O)Nc2cccc(OCCCc3ccccc3)c2)c1. The first-order chi connectivity index (χ1) is 17.2. The van der Waals surface area contributed by atoms with Crippen molar-refractivity contribution < 1.29 is 14.3 Å². The molecule has 0 radical (unpaired) electrons. The molecule has 3 aromatic rings. The molecule has 0 atom stereocenters. The number of anilines is 2. The molecule has 5 nitrogen and oxygen atoms in total. The molecule has 5 heteroatoms. The zero-order valence-corrected chi connectivity index (χ0v) is 20.8. The summed E-state index contributed by atoms with van der Waals surface area (Å²) < 4.78 is 11.7. The third kappa shape index (κ3) is 10.6. The van der Waals surface area contributed by atoms with Gasteiger partial charge in [0.15, 0.2) is 0 Å². The maximum absolute atomic E-state index is 12.5.